The molecular weight excluding hydrogens is 426 g/mol. The molecule has 0 spiro atoms. The average molecular weight is 456 g/mol. The van der Waals surface area contributed by atoms with Crippen molar-refractivity contribution in [2.24, 2.45) is 0 Å². The molecule has 3 atom stereocenters. The first-order valence-corrected chi connectivity index (χ1v) is 14.1. The summed E-state index contributed by atoms with van der Waals surface area (Å²) in [5.41, 5.74) is 1.85. The molecule has 3 aliphatic heterocycles. The number of fused-ring (bicyclic) bond motifs is 1. The second-order valence-corrected chi connectivity index (χ2v) is 12.8. The second kappa shape index (κ2) is 7.80. The van der Waals surface area contributed by atoms with Gasteiger partial charge in [0.05, 0.1) is 29.5 Å². The highest BCUT2D eigenvalue weighted by molar-refractivity contribution is 7.92. The van der Waals surface area contributed by atoms with Crippen LogP contribution in [0.5, 0.6) is 0 Å². The van der Waals surface area contributed by atoms with Crippen molar-refractivity contribution in [3.05, 3.63) is 29.3 Å². The molecule has 30 heavy (non-hydrogen) atoms. The zero-order valence-corrected chi connectivity index (χ0v) is 19.0. The largest absolute Gasteiger partial charge is 0.347 e. The summed E-state index contributed by atoms with van der Waals surface area (Å²) in [7, 11) is -6.58. The molecule has 0 radical (unpaired) electrons. The number of likely N-dealkylation sites (tertiary alicyclic amines) is 1. The van der Waals surface area contributed by atoms with Crippen LogP contribution in [0.1, 0.15) is 42.1 Å². The predicted molar refractivity (Wildman–Crippen MR) is 116 cm³/mol. The van der Waals surface area contributed by atoms with E-state index in [1.807, 2.05) is 6.92 Å². The molecule has 8 nitrogen and oxygen atoms in total. The lowest BCUT2D eigenvalue weighted by atomic mass is 10.0. The molecule has 4 rings (SSSR count). The Balaban J connectivity index is 1.53. The number of carbonyl (C=O) groups excluding carboxylic acids is 1. The van der Waals surface area contributed by atoms with Crippen molar-refractivity contribution in [3.63, 3.8) is 0 Å². The number of anilines is 1. The average Bonchev–Trinajstić information content (AvgIpc) is 3.16. The number of hydrogen-bond acceptors (Lipinski definition) is 6. The molecule has 3 aliphatic rings. The van der Waals surface area contributed by atoms with Crippen LogP contribution in [-0.2, 0) is 26.3 Å². The highest BCUT2D eigenvalue weighted by Gasteiger charge is 2.42. The smallest absolute Gasteiger partial charge is 0.251 e. The quantitative estimate of drug-likeness (QED) is 0.720. The zero-order chi connectivity index (χ0) is 21.7. The summed E-state index contributed by atoms with van der Waals surface area (Å²) < 4.78 is 50.1. The van der Waals surface area contributed by atoms with Crippen LogP contribution < -0.4 is 9.62 Å². The molecule has 2 saturated heterocycles. The van der Waals surface area contributed by atoms with Gasteiger partial charge in [0.2, 0.25) is 10.0 Å². The monoisotopic (exact) mass is 455 g/mol. The lowest BCUT2D eigenvalue weighted by Crippen LogP contribution is -2.52. The van der Waals surface area contributed by atoms with Gasteiger partial charge in [0, 0.05) is 17.6 Å². The van der Waals surface area contributed by atoms with E-state index >= 15 is 0 Å². The van der Waals surface area contributed by atoms with Crippen LogP contribution in [0.2, 0.25) is 0 Å². The number of carbonyl (C=O) groups is 1. The van der Waals surface area contributed by atoms with Crippen LogP contribution in [0, 0.1) is 0 Å². The first-order valence-electron chi connectivity index (χ1n) is 10.4. The fourth-order valence-electron chi connectivity index (χ4n) is 5.08. The number of sulfonamides is 1. The molecule has 3 heterocycles. The van der Waals surface area contributed by atoms with Gasteiger partial charge in [-0.3, -0.25) is 14.0 Å². The topological polar surface area (TPSA) is 104 Å². The van der Waals surface area contributed by atoms with Crippen molar-refractivity contribution in [2.75, 3.05) is 35.2 Å². The van der Waals surface area contributed by atoms with Crippen LogP contribution in [0.15, 0.2) is 18.2 Å². The molecule has 1 amide bonds. The molecule has 0 unspecified atom stereocenters. The molecule has 0 saturated carbocycles. The maximum absolute atomic E-state index is 12.9. The van der Waals surface area contributed by atoms with Crippen LogP contribution in [0.4, 0.5) is 5.69 Å². The van der Waals surface area contributed by atoms with Crippen LogP contribution in [-0.4, -0.2) is 76.6 Å². The number of piperidine rings is 1. The van der Waals surface area contributed by atoms with Gasteiger partial charge in [-0.1, -0.05) is 6.42 Å². The Kier molecular flexibility index (Phi) is 5.61. The van der Waals surface area contributed by atoms with Crippen LogP contribution in [0.3, 0.4) is 0 Å². The summed E-state index contributed by atoms with van der Waals surface area (Å²) in [4.78, 5) is 15.1. The van der Waals surface area contributed by atoms with Gasteiger partial charge in [-0.05, 0) is 63.0 Å². The Hall–Kier alpha value is -1.65. The first-order chi connectivity index (χ1) is 14.0. The van der Waals surface area contributed by atoms with Crippen LogP contribution >= 0.6 is 0 Å². The predicted octanol–water partition coefficient (Wildman–Crippen LogP) is 0.779. The van der Waals surface area contributed by atoms with Crippen molar-refractivity contribution in [1.82, 2.24) is 10.2 Å². The number of benzene rings is 1. The maximum Gasteiger partial charge on any atom is 0.251 e. The highest BCUT2D eigenvalue weighted by atomic mass is 32.2. The molecule has 10 heteroatoms. The van der Waals surface area contributed by atoms with Crippen molar-refractivity contribution in [2.45, 2.75) is 50.7 Å². The zero-order valence-electron chi connectivity index (χ0n) is 17.4. The first kappa shape index (κ1) is 21.6. The van der Waals surface area contributed by atoms with E-state index in [4.69, 9.17) is 0 Å². The van der Waals surface area contributed by atoms with Crippen LogP contribution in [0.25, 0.3) is 0 Å². The van der Waals surface area contributed by atoms with E-state index in [1.165, 1.54) is 10.6 Å². The molecule has 0 aromatic heterocycles. The Labute approximate surface area is 178 Å². The minimum Gasteiger partial charge on any atom is -0.347 e. The summed E-state index contributed by atoms with van der Waals surface area (Å²) in [6.07, 6.45) is 4.98. The number of nitrogens with zero attached hydrogens (tertiary/aromatic N) is 2. The summed E-state index contributed by atoms with van der Waals surface area (Å²) in [6.45, 7) is 3.57. The number of rotatable bonds is 4. The van der Waals surface area contributed by atoms with Gasteiger partial charge in [0.15, 0.2) is 9.84 Å². The van der Waals surface area contributed by atoms with Gasteiger partial charge in [0.1, 0.15) is 0 Å². The second-order valence-electron chi connectivity index (χ2n) is 8.78. The Morgan fingerprint density at radius 1 is 1.13 bits per heavy atom. The minimum atomic E-state index is -3.39. The van der Waals surface area contributed by atoms with Gasteiger partial charge < -0.3 is 5.32 Å². The van der Waals surface area contributed by atoms with Crippen molar-refractivity contribution >= 4 is 31.5 Å². The third kappa shape index (κ3) is 4.22. The van der Waals surface area contributed by atoms with Gasteiger partial charge in [0.25, 0.3) is 5.91 Å². The number of hydrogen-bond donors (Lipinski definition) is 1. The SMILES string of the molecule is C[C@@H]1Cc2cc(C(=O)N[C@@H]3CS(=O)(=O)C[C@@H]3N3CCCCC3)ccc2N1S(C)(=O)=O. The Morgan fingerprint density at radius 3 is 2.50 bits per heavy atom. The fourth-order valence-corrected chi connectivity index (χ4v) is 8.29. The molecule has 1 N–H and O–H groups in total. The van der Waals surface area contributed by atoms with Crippen molar-refractivity contribution < 1.29 is 21.6 Å². The van der Waals surface area contributed by atoms with Crippen molar-refractivity contribution in [1.29, 1.82) is 0 Å². The van der Waals surface area contributed by atoms with E-state index in [-0.39, 0.29) is 29.5 Å². The van der Waals surface area contributed by atoms with E-state index in [2.05, 4.69) is 10.2 Å². The lowest BCUT2D eigenvalue weighted by Gasteiger charge is -2.35. The number of nitrogens with one attached hydrogen (secondary N) is 1. The number of sulfone groups is 1. The van der Waals surface area contributed by atoms with E-state index < -0.39 is 25.9 Å². The molecule has 1 aromatic carbocycles. The lowest BCUT2D eigenvalue weighted by molar-refractivity contribution is 0.0900. The Bertz CT molecular complexity index is 1050. The summed E-state index contributed by atoms with van der Waals surface area (Å²) >= 11 is 0. The molecular formula is C20H29N3O5S2. The normalized spacial score (nSPS) is 29.0. The summed E-state index contributed by atoms with van der Waals surface area (Å²) in [5, 5.41) is 2.95. The summed E-state index contributed by atoms with van der Waals surface area (Å²) in [5.74, 6) is -0.264. The minimum absolute atomic E-state index is 0.0380. The van der Waals surface area contributed by atoms with E-state index in [9.17, 15) is 21.6 Å². The van der Waals surface area contributed by atoms with Gasteiger partial charge in [-0.2, -0.15) is 0 Å². The van der Waals surface area contributed by atoms with E-state index in [1.54, 1.807) is 18.2 Å². The highest BCUT2D eigenvalue weighted by Crippen LogP contribution is 2.34. The molecule has 2 fully saturated rings. The Morgan fingerprint density at radius 2 is 1.83 bits per heavy atom. The molecule has 166 valence electrons. The fraction of sp³-hybridized carbons (Fsp3) is 0.650. The summed E-state index contributed by atoms with van der Waals surface area (Å²) in [6, 6.07) is 4.20. The standard InChI is InChI=1S/C20H29N3O5S2/c1-14-10-16-11-15(6-7-18(16)23(14)29(2,25)26)20(24)21-17-12-30(27,28)13-19(17)22-8-4-3-5-9-22/h6-7,11,14,17,19H,3-5,8-10,12-13H2,1-2H3,(H,21,24)/t14-,17-,19+/m1/s1. The molecule has 1 aromatic rings. The molecule has 0 aliphatic carbocycles. The molecule has 0 bridgehead atoms. The van der Waals surface area contributed by atoms with Crippen molar-refractivity contribution in [3.8, 4) is 0 Å². The third-order valence-corrected chi connectivity index (χ3v) is 9.34. The van der Waals surface area contributed by atoms with E-state index in [0.717, 1.165) is 37.9 Å². The third-order valence-electron chi connectivity index (χ3n) is 6.35. The maximum atomic E-state index is 12.9. The number of amides is 1. The van der Waals surface area contributed by atoms with Gasteiger partial charge >= 0.3 is 0 Å². The van der Waals surface area contributed by atoms with Gasteiger partial charge in [-0.15, -0.1) is 0 Å². The van der Waals surface area contributed by atoms with Gasteiger partial charge in [-0.25, -0.2) is 16.8 Å². The van der Waals surface area contributed by atoms with E-state index in [0.29, 0.717) is 17.7 Å².